The first-order valence-electron chi connectivity index (χ1n) is 12.4. The summed E-state index contributed by atoms with van der Waals surface area (Å²) in [5, 5.41) is 0. The summed E-state index contributed by atoms with van der Waals surface area (Å²) in [5.74, 6) is 1.70. The van der Waals surface area contributed by atoms with Crippen molar-refractivity contribution < 1.29 is 26.8 Å². The zero-order valence-electron chi connectivity index (χ0n) is 20.7. The van der Waals surface area contributed by atoms with Crippen LogP contribution in [0.5, 0.6) is 11.5 Å². The Morgan fingerprint density at radius 2 is 1.53 bits per heavy atom. The SMILES string of the molecule is CCCCCC(Cc1ccc(OC)c(OCCc2ccccc2)c1)[NH+](CCC)CCC.[Cl-]. The second-order valence-corrected chi connectivity index (χ2v) is 8.62. The number of rotatable bonds is 16. The molecule has 2 rings (SSSR count). The van der Waals surface area contributed by atoms with Crippen molar-refractivity contribution in [3.8, 4) is 11.5 Å². The Hall–Kier alpha value is -1.71. The first kappa shape index (κ1) is 28.3. The quantitative estimate of drug-likeness (QED) is 0.388. The minimum absolute atomic E-state index is 0. The average Bonchev–Trinajstić information content (AvgIpc) is 2.79. The molecule has 2 aromatic carbocycles. The van der Waals surface area contributed by atoms with Crippen molar-refractivity contribution in [2.24, 2.45) is 0 Å². The normalized spacial score (nSPS) is 11.8. The fraction of sp³-hybridized carbons (Fsp3) is 0.571. The third kappa shape index (κ3) is 9.83. The summed E-state index contributed by atoms with van der Waals surface area (Å²) < 4.78 is 11.8. The van der Waals surface area contributed by atoms with Gasteiger partial charge in [-0.15, -0.1) is 0 Å². The summed E-state index contributed by atoms with van der Waals surface area (Å²) in [6, 6.07) is 17.7. The monoisotopic (exact) mass is 461 g/mol. The van der Waals surface area contributed by atoms with Crippen LogP contribution in [-0.4, -0.2) is 32.8 Å². The summed E-state index contributed by atoms with van der Waals surface area (Å²) in [4.78, 5) is 1.77. The molecule has 0 amide bonds. The van der Waals surface area contributed by atoms with E-state index in [-0.39, 0.29) is 12.4 Å². The van der Waals surface area contributed by atoms with Crippen LogP contribution in [0.3, 0.4) is 0 Å². The van der Waals surface area contributed by atoms with Gasteiger partial charge in [0.2, 0.25) is 0 Å². The number of unbranched alkanes of at least 4 members (excludes halogenated alkanes) is 2. The smallest absolute Gasteiger partial charge is 0.161 e. The van der Waals surface area contributed by atoms with Crippen molar-refractivity contribution >= 4 is 0 Å². The molecule has 1 unspecified atom stereocenters. The molecule has 4 heteroatoms. The van der Waals surface area contributed by atoms with Gasteiger partial charge in [-0.25, -0.2) is 0 Å². The molecule has 0 spiro atoms. The van der Waals surface area contributed by atoms with Crippen LogP contribution in [0.4, 0.5) is 0 Å². The number of hydrogen-bond donors (Lipinski definition) is 1. The largest absolute Gasteiger partial charge is 1.00 e. The van der Waals surface area contributed by atoms with Crippen LogP contribution < -0.4 is 26.8 Å². The molecule has 0 bridgehead atoms. The number of ether oxygens (including phenoxy) is 2. The predicted molar refractivity (Wildman–Crippen MR) is 132 cm³/mol. The molecule has 0 aliphatic heterocycles. The van der Waals surface area contributed by atoms with Crippen molar-refractivity contribution in [3.05, 3.63) is 59.7 Å². The molecule has 3 nitrogen and oxygen atoms in total. The second-order valence-electron chi connectivity index (χ2n) is 8.62. The lowest BCUT2D eigenvalue weighted by Crippen LogP contribution is -3.16. The maximum atomic E-state index is 6.18. The molecule has 2 aromatic rings. The van der Waals surface area contributed by atoms with Crippen LogP contribution in [-0.2, 0) is 12.8 Å². The predicted octanol–water partition coefficient (Wildman–Crippen LogP) is 2.52. The highest BCUT2D eigenvalue weighted by Crippen LogP contribution is 2.29. The van der Waals surface area contributed by atoms with Gasteiger partial charge < -0.3 is 26.8 Å². The van der Waals surface area contributed by atoms with Gasteiger partial charge >= 0.3 is 0 Å². The van der Waals surface area contributed by atoms with Crippen molar-refractivity contribution in [1.29, 1.82) is 0 Å². The Balaban J connectivity index is 0.00000512. The Morgan fingerprint density at radius 1 is 0.812 bits per heavy atom. The van der Waals surface area contributed by atoms with Gasteiger partial charge in [0.05, 0.1) is 32.8 Å². The van der Waals surface area contributed by atoms with Gasteiger partial charge in [0.1, 0.15) is 0 Å². The zero-order chi connectivity index (χ0) is 22.3. The number of benzene rings is 2. The van der Waals surface area contributed by atoms with E-state index >= 15 is 0 Å². The van der Waals surface area contributed by atoms with E-state index in [1.54, 1.807) is 12.0 Å². The maximum Gasteiger partial charge on any atom is 0.161 e. The maximum absolute atomic E-state index is 6.18. The van der Waals surface area contributed by atoms with E-state index in [1.165, 1.54) is 62.7 Å². The third-order valence-electron chi connectivity index (χ3n) is 6.08. The van der Waals surface area contributed by atoms with Crippen LogP contribution >= 0.6 is 0 Å². The van der Waals surface area contributed by atoms with Crippen LogP contribution in [0.25, 0.3) is 0 Å². The van der Waals surface area contributed by atoms with Crippen LogP contribution in [0.1, 0.15) is 70.4 Å². The number of halogens is 1. The summed E-state index contributed by atoms with van der Waals surface area (Å²) in [6.07, 6.45) is 9.75. The van der Waals surface area contributed by atoms with Gasteiger partial charge in [0.25, 0.3) is 0 Å². The van der Waals surface area contributed by atoms with E-state index < -0.39 is 0 Å². The summed E-state index contributed by atoms with van der Waals surface area (Å²) in [5.41, 5.74) is 2.66. The number of nitrogens with one attached hydrogen (secondary N) is 1. The first-order chi connectivity index (χ1) is 15.2. The van der Waals surface area contributed by atoms with E-state index in [9.17, 15) is 0 Å². The molecule has 0 saturated carbocycles. The van der Waals surface area contributed by atoms with E-state index in [0.717, 1.165) is 24.3 Å². The Morgan fingerprint density at radius 3 is 2.16 bits per heavy atom. The molecular weight excluding hydrogens is 418 g/mol. The van der Waals surface area contributed by atoms with E-state index in [2.05, 4.69) is 69.3 Å². The fourth-order valence-corrected chi connectivity index (χ4v) is 4.44. The Kier molecular flexibility index (Phi) is 14.9. The minimum Gasteiger partial charge on any atom is -1.00 e. The minimum atomic E-state index is 0. The Labute approximate surface area is 202 Å². The van der Waals surface area contributed by atoms with Crippen LogP contribution in [0.2, 0.25) is 0 Å². The highest BCUT2D eigenvalue weighted by atomic mass is 35.5. The van der Waals surface area contributed by atoms with Crippen molar-refractivity contribution in [2.75, 3.05) is 26.8 Å². The number of hydrogen-bond acceptors (Lipinski definition) is 2. The van der Waals surface area contributed by atoms with Gasteiger partial charge in [-0.2, -0.15) is 0 Å². The van der Waals surface area contributed by atoms with Gasteiger partial charge in [0.15, 0.2) is 11.5 Å². The third-order valence-corrected chi connectivity index (χ3v) is 6.08. The summed E-state index contributed by atoms with van der Waals surface area (Å²) in [7, 11) is 1.72. The van der Waals surface area contributed by atoms with Crippen LogP contribution in [0, 0.1) is 0 Å². The van der Waals surface area contributed by atoms with E-state index in [0.29, 0.717) is 12.6 Å². The van der Waals surface area contributed by atoms with Crippen LogP contribution in [0.15, 0.2) is 48.5 Å². The van der Waals surface area contributed by atoms with Crippen molar-refractivity contribution in [1.82, 2.24) is 0 Å². The molecule has 0 aromatic heterocycles. The fourth-order valence-electron chi connectivity index (χ4n) is 4.44. The topological polar surface area (TPSA) is 22.9 Å². The average molecular weight is 462 g/mol. The standard InChI is InChI=1S/C28H43NO2.ClH/c1-5-8-10-15-26(29(19-6-2)20-7-3)22-25-16-17-27(30-4)28(23-25)31-21-18-24-13-11-9-12-14-24;/h9,11-14,16-17,23,26H,5-8,10,15,18-22H2,1-4H3;1H. The lowest BCUT2D eigenvalue weighted by molar-refractivity contribution is -0.926. The van der Waals surface area contributed by atoms with Gasteiger partial charge in [-0.3, -0.25) is 0 Å². The molecule has 0 saturated heterocycles. The van der Waals surface area contributed by atoms with E-state index in [1.807, 2.05) is 0 Å². The summed E-state index contributed by atoms with van der Waals surface area (Å²) >= 11 is 0. The molecule has 0 aliphatic carbocycles. The molecule has 0 radical (unpaired) electrons. The molecule has 0 aliphatic rings. The van der Waals surface area contributed by atoms with Gasteiger partial charge in [0, 0.05) is 12.8 Å². The van der Waals surface area contributed by atoms with Gasteiger partial charge in [-0.05, 0) is 48.9 Å². The molecule has 1 atom stereocenters. The molecular formula is C28H44ClNO2. The van der Waals surface area contributed by atoms with Crippen molar-refractivity contribution in [3.63, 3.8) is 0 Å². The molecule has 32 heavy (non-hydrogen) atoms. The zero-order valence-corrected chi connectivity index (χ0v) is 21.4. The molecule has 1 N–H and O–H groups in total. The highest BCUT2D eigenvalue weighted by Gasteiger charge is 2.22. The molecule has 0 fully saturated rings. The van der Waals surface area contributed by atoms with Crippen molar-refractivity contribution in [2.45, 2.75) is 78.2 Å². The first-order valence-corrected chi connectivity index (χ1v) is 12.4. The number of methoxy groups -OCH3 is 1. The number of quaternary nitrogens is 1. The van der Waals surface area contributed by atoms with Gasteiger partial charge in [-0.1, -0.05) is 70.0 Å². The lowest BCUT2D eigenvalue weighted by Gasteiger charge is -2.29. The molecule has 180 valence electrons. The summed E-state index contributed by atoms with van der Waals surface area (Å²) in [6.45, 7) is 10.1. The molecule has 0 heterocycles. The second kappa shape index (κ2) is 16.9. The lowest BCUT2D eigenvalue weighted by atomic mass is 9.98. The van der Waals surface area contributed by atoms with E-state index in [4.69, 9.17) is 9.47 Å². The Bertz CT molecular complexity index is 717. The highest BCUT2D eigenvalue weighted by molar-refractivity contribution is 5.43.